The zero-order valence-electron chi connectivity index (χ0n) is 16.6. The molecular weight excluding hydrogens is 373 g/mol. The number of ketones is 1. The van der Waals surface area contributed by atoms with Gasteiger partial charge in [0.1, 0.15) is 11.6 Å². The van der Waals surface area contributed by atoms with Gasteiger partial charge in [-0.2, -0.15) is 0 Å². The normalized spacial score (nSPS) is 18.6. The fourth-order valence-corrected chi connectivity index (χ4v) is 3.68. The first-order valence-electron chi connectivity index (χ1n) is 9.76. The van der Waals surface area contributed by atoms with Gasteiger partial charge >= 0.3 is 0 Å². The van der Waals surface area contributed by atoms with E-state index in [-0.39, 0.29) is 23.4 Å². The summed E-state index contributed by atoms with van der Waals surface area (Å²) in [5, 5.41) is 10.8. The highest BCUT2D eigenvalue weighted by Crippen LogP contribution is 2.39. The minimum atomic E-state index is -0.973. The lowest BCUT2D eigenvalue weighted by Gasteiger charge is -2.27. The number of likely N-dealkylation sites (N-methyl/N-ethyl adjacent to an activating group) is 1. The Balaban J connectivity index is 2.11. The van der Waals surface area contributed by atoms with Crippen LogP contribution in [0.5, 0.6) is 0 Å². The number of carbonyl (C=O) groups is 2. The second-order valence-corrected chi connectivity index (χ2v) is 6.96. The number of aliphatic hydroxyl groups excluding tert-OH is 1. The Morgan fingerprint density at radius 3 is 2.41 bits per heavy atom. The summed E-state index contributed by atoms with van der Waals surface area (Å²) in [5.74, 6) is -2.38. The van der Waals surface area contributed by atoms with Crippen molar-refractivity contribution in [1.29, 1.82) is 0 Å². The van der Waals surface area contributed by atoms with E-state index in [4.69, 9.17) is 0 Å². The van der Waals surface area contributed by atoms with Crippen LogP contribution in [-0.4, -0.2) is 52.9 Å². The summed E-state index contributed by atoms with van der Waals surface area (Å²) in [6.45, 7) is 6.76. The molecule has 1 aliphatic rings. The van der Waals surface area contributed by atoms with E-state index in [2.05, 4.69) is 4.98 Å². The van der Waals surface area contributed by atoms with Gasteiger partial charge in [0.05, 0.1) is 37.8 Å². The van der Waals surface area contributed by atoms with Gasteiger partial charge in [-0.05, 0) is 32.0 Å². The quantitative estimate of drug-likeness (QED) is 0.422. The van der Waals surface area contributed by atoms with Crippen LogP contribution < -0.4 is 4.90 Å². The standard InChI is InChI=1S/C22H24FN3O3/c1-3-25(4-2)13-14-26-19(16-7-5-6-8-17(16)23)18(21(28)22(26)29)20(27)15-9-11-24-12-10-15/h5-12,19,27H,3-4,13-14H2,1-2H3/p+1/b20-18-/t19-/m1/s1. The number of pyridine rings is 1. The number of hydrogen-bond donors (Lipinski definition) is 2. The molecule has 152 valence electrons. The van der Waals surface area contributed by atoms with Crippen molar-refractivity contribution in [2.45, 2.75) is 19.9 Å². The molecule has 29 heavy (non-hydrogen) atoms. The number of halogens is 1. The molecule has 1 atom stereocenters. The minimum absolute atomic E-state index is 0.0964. The third-order valence-corrected chi connectivity index (χ3v) is 5.40. The fourth-order valence-electron chi connectivity index (χ4n) is 3.68. The van der Waals surface area contributed by atoms with Crippen molar-refractivity contribution in [3.8, 4) is 0 Å². The van der Waals surface area contributed by atoms with Crippen LogP contribution in [0.2, 0.25) is 0 Å². The number of rotatable bonds is 7. The Morgan fingerprint density at radius 2 is 1.79 bits per heavy atom. The van der Waals surface area contributed by atoms with E-state index in [0.717, 1.165) is 13.1 Å². The molecule has 1 fully saturated rings. The molecule has 0 aliphatic carbocycles. The summed E-state index contributed by atoms with van der Waals surface area (Å²) >= 11 is 0. The molecule has 2 N–H and O–H groups in total. The van der Waals surface area contributed by atoms with Gasteiger partial charge < -0.3 is 14.9 Å². The van der Waals surface area contributed by atoms with Gasteiger partial charge in [-0.1, -0.05) is 18.2 Å². The Bertz CT molecular complexity index is 926. The van der Waals surface area contributed by atoms with Crippen LogP contribution in [0.25, 0.3) is 5.76 Å². The van der Waals surface area contributed by atoms with E-state index in [1.165, 1.54) is 28.3 Å². The van der Waals surface area contributed by atoms with Gasteiger partial charge in [0.15, 0.2) is 0 Å². The Kier molecular flexibility index (Phi) is 6.39. The molecule has 3 rings (SSSR count). The highest BCUT2D eigenvalue weighted by Gasteiger charge is 2.47. The predicted molar refractivity (Wildman–Crippen MR) is 107 cm³/mol. The molecule has 1 saturated heterocycles. The summed E-state index contributed by atoms with van der Waals surface area (Å²) in [6, 6.07) is 8.15. The average Bonchev–Trinajstić information content (AvgIpc) is 2.99. The summed E-state index contributed by atoms with van der Waals surface area (Å²) < 4.78 is 14.7. The number of hydrogen-bond acceptors (Lipinski definition) is 4. The van der Waals surface area contributed by atoms with E-state index in [1.54, 1.807) is 30.3 Å². The van der Waals surface area contributed by atoms with E-state index in [1.807, 2.05) is 13.8 Å². The van der Waals surface area contributed by atoms with Crippen molar-refractivity contribution in [1.82, 2.24) is 9.88 Å². The number of nitrogens with one attached hydrogen (secondary N) is 1. The molecule has 2 aromatic rings. The maximum Gasteiger partial charge on any atom is 0.295 e. The van der Waals surface area contributed by atoms with Crippen LogP contribution in [0, 0.1) is 5.82 Å². The van der Waals surface area contributed by atoms with Gasteiger partial charge in [-0.25, -0.2) is 4.39 Å². The van der Waals surface area contributed by atoms with Crippen LogP contribution in [-0.2, 0) is 9.59 Å². The molecule has 0 unspecified atom stereocenters. The zero-order valence-corrected chi connectivity index (χ0v) is 16.6. The van der Waals surface area contributed by atoms with E-state index in [9.17, 15) is 19.1 Å². The van der Waals surface area contributed by atoms with E-state index < -0.39 is 23.5 Å². The van der Waals surface area contributed by atoms with Crippen molar-refractivity contribution >= 4 is 17.4 Å². The first-order valence-corrected chi connectivity index (χ1v) is 9.76. The van der Waals surface area contributed by atoms with Crippen molar-refractivity contribution in [3.63, 3.8) is 0 Å². The summed E-state index contributed by atoms with van der Waals surface area (Å²) in [5.41, 5.74) is 0.450. The number of quaternary nitrogens is 1. The maximum absolute atomic E-state index is 14.7. The predicted octanol–water partition coefficient (Wildman–Crippen LogP) is 1.57. The monoisotopic (exact) mass is 398 g/mol. The second kappa shape index (κ2) is 8.96. The molecule has 1 aliphatic heterocycles. The third kappa shape index (κ3) is 4.05. The van der Waals surface area contributed by atoms with E-state index >= 15 is 0 Å². The van der Waals surface area contributed by atoms with Crippen LogP contribution in [0.3, 0.4) is 0 Å². The van der Waals surface area contributed by atoms with Gasteiger partial charge in [0.25, 0.3) is 11.7 Å². The van der Waals surface area contributed by atoms with Crippen molar-refractivity contribution < 1.29 is 24.0 Å². The number of carbonyl (C=O) groups excluding carboxylic acids is 2. The summed E-state index contributed by atoms with van der Waals surface area (Å²) in [4.78, 5) is 32.2. The van der Waals surface area contributed by atoms with Crippen LogP contribution in [0.1, 0.15) is 31.0 Å². The molecule has 6 nitrogen and oxygen atoms in total. The zero-order chi connectivity index (χ0) is 21.0. The molecule has 2 heterocycles. The molecule has 1 aromatic carbocycles. The van der Waals surface area contributed by atoms with Gasteiger partial charge in [-0.3, -0.25) is 14.6 Å². The molecule has 0 spiro atoms. The summed E-state index contributed by atoms with van der Waals surface area (Å²) in [6.07, 6.45) is 2.96. The highest BCUT2D eigenvalue weighted by molar-refractivity contribution is 6.46. The number of aromatic nitrogens is 1. The number of Topliss-reactive ketones (excluding diaryl/α,β-unsaturated/α-hetero) is 1. The summed E-state index contributed by atoms with van der Waals surface area (Å²) in [7, 11) is 0. The number of nitrogens with zero attached hydrogens (tertiary/aromatic N) is 2. The molecule has 1 aromatic heterocycles. The van der Waals surface area contributed by atoms with Crippen LogP contribution >= 0.6 is 0 Å². The van der Waals surface area contributed by atoms with Gasteiger partial charge in [0, 0.05) is 23.5 Å². The lowest BCUT2D eigenvalue weighted by atomic mass is 9.95. The Morgan fingerprint density at radius 1 is 1.14 bits per heavy atom. The second-order valence-electron chi connectivity index (χ2n) is 6.96. The lowest BCUT2D eigenvalue weighted by molar-refractivity contribution is -0.895. The van der Waals surface area contributed by atoms with Crippen LogP contribution in [0.4, 0.5) is 4.39 Å². The van der Waals surface area contributed by atoms with Crippen molar-refractivity contribution in [2.24, 2.45) is 0 Å². The molecular formula is C22H25FN3O3+. The molecule has 7 heteroatoms. The highest BCUT2D eigenvalue weighted by atomic mass is 19.1. The van der Waals surface area contributed by atoms with Gasteiger partial charge in [0.2, 0.25) is 0 Å². The Labute approximate surface area is 169 Å². The number of benzene rings is 1. The number of likely N-dealkylation sites (tertiary alicyclic amines) is 1. The van der Waals surface area contributed by atoms with Crippen LogP contribution in [0.15, 0.2) is 54.4 Å². The lowest BCUT2D eigenvalue weighted by Crippen LogP contribution is -3.12. The minimum Gasteiger partial charge on any atom is -0.507 e. The first kappa shape index (κ1) is 20.7. The smallest absolute Gasteiger partial charge is 0.295 e. The van der Waals surface area contributed by atoms with E-state index in [0.29, 0.717) is 12.1 Å². The topological polar surface area (TPSA) is 74.9 Å². The SMILES string of the molecule is CC[NH+](CC)CCN1C(=O)C(=O)/C(=C(\O)c2ccncc2)[C@H]1c1ccccc1F. The average molecular weight is 398 g/mol. The van der Waals surface area contributed by atoms with Crippen molar-refractivity contribution in [2.75, 3.05) is 26.2 Å². The molecule has 0 saturated carbocycles. The molecule has 0 radical (unpaired) electrons. The first-order chi connectivity index (χ1) is 14.0. The number of amides is 1. The van der Waals surface area contributed by atoms with Gasteiger partial charge in [-0.15, -0.1) is 0 Å². The number of aliphatic hydroxyl groups is 1. The largest absolute Gasteiger partial charge is 0.507 e. The maximum atomic E-state index is 14.7. The van der Waals surface area contributed by atoms with Crippen molar-refractivity contribution in [3.05, 3.63) is 71.3 Å². The Hall–Kier alpha value is -3.06. The molecule has 1 amide bonds. The fraction of sp³-hybridized carbons (Fsp3) is 0.318. The third-order valence-electron chi connectivity index (χ3n) is 5.40. The molecule has 0 bridgehead atoms.